The molecule has 0 aromatic carbocycles. The molecule has 4 heteroatoms. The Morgan fingerprint density at radius 1 is 1.41 bits per heavy atom. The summed E-state index contributed by atoms with van der Waals surface area (Å²) in [7, 11) is 0. The second-order valence-electron chi connectivity index (χ2n) is 4.83. The van der Waals surface area contributed by atoms with Gasteiger partial charge in [-0.2, -0.15) is 0 Å². The largest absolute Gasteiger partial charge is 0.453 e. The summed E-state index contributed by atoms with van der Waals surface area (Å²) < 4.78 is 5.43. The molecule has 1 aliphatic rings. The molecular formula is C13H22O4. The monoisotopic (exact) mass is 242 g/mol. The predicted molar refractivity (Wildman–Crippen MR) is 64.4 cm³/mol. The van der Waals surface area contributed by atoms with Crippen molar-refractivity contribution in [1.29, 1.82) is 0 Å². The molecule has 0 bridgehead atoms. The van der Waals surface area contributed by atoms with Crippen LogP contribution in [0.3, 0.4) is 0 Å². The standard InChI is InChI=1S/C13H22O4/c1-3-10(2)12(16)17-13(9-15)6-4-11(8-14)5-7-13/h3,11,14-15H,4-9H2,1-2H3. The minimum atomic E-state index is -0.743. The van der Waals surface area contributed by atoms with Crippen LogP contribution in [-0.4, -0.2) is 35.0 Å². The van der Waals surface area contributed by atoms with Gasteiger partial charge >= 0.3 is 5.97 Å². The van der Waals surface area contributed by atoms with E-state index >= 15 is 0 Å². The van der Waals surface area contributed by atoms with Gasteiger partial charge in [0.1, 0.15) is 5.60 Å². The second kappa shape index (κ2) is 6.17. The van der Waals surface area contributed by atoms with Crippen molar-refractivity contribution in [2.45, 2.75) is 45.1 Å². The number of aliphatic hydroxyl groups is 2. The van der Waals surface area contributed by atoms with E-state index in [4.69, 9.17) is 9.84 Å². The molecule has 2 N–H and O–H groups in total. The first-order valence-electron chi connectivity index (χ1n) is 6.15. The van der Waals surface area contributed by atoms with Crippen molar-refractivity contribution in [3.8, 4) is 0 Å². The second-order valence-corrected chi connectivity index (χ2v) is 4.83. The topological polar surface area (TPSA) is 66.8 Å². The van der Waals surface area contributed by atoms with Gasteiger partial charge in [0.2, 0.25) is 0 Å². The van der Waals surface area contributed by atoms with Crippen molar-refractivity contribution in [1.82, 2.24) is 0 Å². The molecular weight excluding hydrogens is 220 g/mol. The van der Waals surface area contributed by atoms with E-state index in [1.165, 1.54) is 0 Å². The summed E-state index contributed by atoms with van der Waals surface area (Å²) in [6, 6.07) is 0. The van der Waals surface area contributed by atoms with Gasteiger partial charge in [0, 0.05) is 12.2 Å². The number of hydrogen-bond donors (Lipinski definition) is 2. The fraction of sp³-hybridized carbons (Fsp3) is 0.769. The van der Waals surface area contributed by atoms with Crippen molar-refractivity contribution < 1.29 is 19.7 Å². The molecule has 98 valence electrons. The van der Waals surface area contributed by atoms with Crippen LogP contribution < -0.4 is 0 Å². The van der Waals surface area contributed by atoms with Gasteiger partial charge in [-0.05, 0) is 45.4 Å². The van der Waals surface area contributed by atoms with Crippen molar-refractivity contribution >= 4 is 5.97 Å². The Morgan fingerprint density at radius 2 is 2.00 bits per heavy atom. The summed E-state index contributed by atoms with van der Waals surface area (Å²) >= 11 is 0. The Kier molecular flexibility index (Phi) is 5.15. The van der Waals surface area contributed by atoms with Gasteiger partial charge in [0.15, 0.2) is 0 Å². The summed E-state index contributed by atoms with van der Waals surface area (Å²) in [5.41, 5.74) is -0.186. The van der Waals surface area contributed by atoms with Gasteiger partial charge in [-0.15, -0.1) is 0 Å². The molecule has 0 aromatic rings. The summed E-state index contributed by atoms with van der Waals surface area (Å²) in [5, 5.41) is 18.5. The van der Waals surface area contributed by atoms with E-state index in [0.717, 1.165) is 12.8 Å². The zero-order valence-electron chi connectivity index (χ0n) is 10.6. The maximum absolute atomic E-state index is 11.7. The van der Waals surface area contributed by atoms with Crippen molar-refractivity contribution in [3.63, 3.8) is 0 Å². The van der Waals surface area contributed by atoms with Crippen LogP contribution in [-0.2, 0) is 9.53 Å². The lowest BCUT2D eigenvalue weighted by Gasteiger charge is -2.37. The third-order valence-electron chi connectivity index (χ3n) is 3.63. The summed E-state index contributed by atoms with van der Waals surface area (Å²) in [6.07, 6.45) is 4.53. The zero-order chi connectivity index (χ0) is 12.9. The Morgan fingerprint density at radius 3 is 2.41 bits per heavy atom. The average molecular weight is 242 g/mol. The van der Waals surface area contributed by atoms with Gasteiger partial charge in [0.05, 0.1) is 6.61 Å². The lowest BCUT2D eigenvalue weighted by Crippen LogP contribution is -2.43. The number of hydrogen-bond acceptors (Lipinski definition) is 4. The number of esters is 1. The molecule has 4 nitrogen and oxygen atoms in total. The molecule has 1 aliphatic carbocycles. The van der Waals surface area contributed by atoms with E-state index < -0.39 is 5.60 Å². The summed E-state index contributed by atoms with van der Waals surface area (Å²) in [6.45, 7) is 3.51. The highest BCUT2D eigenvalue weighted by Crippen LogP contribution is 2.35. The highest BCUT2D eigenvalue weighted by atomic mass is 16.6. The van der Waals surface area contributed by atoms with Crippen LogP contribution in [0.5, 0.6) is 0 Å². The number of carbonyl (C=O) groups excluding carboxylic acids is 1. The molecule has 1 rings (SSSR count). The van der Waals surface area contributed by atoms with Crippen LogP contribution in [0.15, 0.2) is 11.6 Å². The number of ether oxygens (including phenoxy) is 1. The fourth-order valence-electron chi connectivity index (χ4n) is 2.07. The Balaban J connectivity index is 2.62. The van der Waals surface area contributed by atoms with Crippen LogP contribution in [0.4, 0.5) is 0 Å². The van der Waals surface area contributed by atoms with Crippen LogP contribution in [0.2, 0.25) is 0 Å². The smallest absolute Gasteiger partial charge is 0.334 e. The first-order valence-corrected chi connectivity index (χ1v) is 6.15. The van der Waals surface area contributed by atoms with E-state index in [-0.39, 0.29) is 25.1 Å². The molecule has 0 aromatic heterocycles. The molecule has 1 saturated carbocycles. The van der Waals surface area contributed by atoms with Crippen molar-refractivity contribution in [2.24, 2.45) is 5.92 Å². The molecule has 0 unspecified atom stereocenters. The van der Waals surface area contributed by atoms with E-state index in [2.05, 4.69) is 0 Å². The lowest BCUT2D eigenvalue weighted by molar-refractivity contribution is -0.165. The lowest BCUT2D eigenvalue weighted by atomic mass is 9.79. The SMILES string of the molecule is CC=C(C)C(=O)OC1(CO)CCC(CO)CC1. The quantitative estimate of drug-likeness (QED) is 0.578. The van der Waals surface area contributed by atoms with Crippen LogP contribution >= 0.6 is 0 Å². The van der Waals surface area contributed by atoms with E-state index in [0.29, 0.717) is 18.4 Å². The van der Waals surface area contributed by atoms with E-state index in [1.54, 1.807) is 19.9 Å². The van der Waals surface area contributed by atoms with E-state index in [1.807, 2.05) is 0 Å². The Labute approximate surface area is 102 Å². The average Bonchev–Trinajstić information content (AvgIpc) is 2.38. The van der Waals surface area contributed by atoms with E-state index in [9.17, 15) is 9.90 Å². The van der Waals surface area contributed by atoms with Gasteiger partial charge in [0.25, 0.3) is 0 Å². The maximum Gasteiger partial charge on any atom is 0.334 e. The van der Waals surface area contributed by atoms with Crippen LogP contribution in [0.1, 0.15) is 39.5 Å². The Bertz CT molecular complexity index is 288. The molecule has 1 fully saturated rings. The normalized spacial score (nSPS) is 30.1. The highest BCUT2D eigenvalue weighted by Gasteiger charge is 2.38. The Hall–Kier alpha value is -0.870. The molecule has 17 heavy (non-hydrogen) atoms. The van der Waals surface area contributed by atoms with Gasteiger partial charge in [-0.1, -0.05) is 6.08 Å². The first-order chi connectivity index (χ1) is 8.06. The molecule has 0 saturated heterocycles. The maximum atomic E-state index is 11.7. The van der Waals surface area contributed by atoms with Gasteiger partial charge in [-0.3, -0.25) is 0 Å². The predicted octanol–water partition coefficient (Wildman–Crippen LogP) is 1.41. The molecule has 0 aliphatic heterocycles. The molecule has 0 amide bonds. The summed E-state index contributed by atoms with van der Waals surface area (Å²) in [5.74, 6) is -0.0832. The van der Waals surface area contributed by atoms with Crippen LogP contribution in [0.25, 0.3) is 0 Å². The van der Waals surface area contributed by atoms with Crippen molar-refractivity contribution in [2.75, 3.05) is 13.2 Å². The summed E-state index contributed by atoms with van der Waals surface area (Å²) in [4.78, 5) is 11.7. The van der Waals surface area contributed by atoms with Crippen molar-refractivity contribution in [3.05, 3.63) is 11.6 Å². The minimum absolute atomic E-state index is 0.145. The highest BCUT2D eigenvalue weighted by molar-refractivity contribution is 5.87. The zero-order valence-corrected chi connectivity index (χ0v) is 10.6. The molecule has 0 heterocycles. The third kappa shape index (κ3) is 3.54. The molecule has 0 radical (unpaired) electrons. The number of allylic oxidation sites excluding steroid dienone is 1. The molecule has 0 atom stereocenters. The number of aliphatic hydroxyl groups excluding tert-OH is 2. The van der Waals surface area contributed by atoms with Gasteiger partial charge < -0.3 is 14.9 Å². The first kappa shape index (κ1) is 14.2. The fourth-order valence-corrected chi connectivity index (χ4v) is 2.07. The van der Waals surface area contributed by atoms with Gasteiger partial charge in [-0.25, -0.2) is 4.79 Å². The molecule has 0 spiro atoms. The number of rotatable bonds is 4. The third-order valence-corrected chi connectivity index (χ3v) is 3.63. The minimum Gasteiger partial charge on any atom is -0.453 e. The number of carbonyl (C=O) groups is 1. The van der Waals surface area contributed by atoms with Crippen LogP contribution in [0, 0.1) is 5.92 Å².